The van der Waals surface area contributed by atoms with Crippen LogP contribution in [0.3, 0.4) is 0 Å². The zero-order chi connectivity index (χ0) is 17.8. The van der Waals surface area contributed by atoms with Crippen LogP contribution in [0.2, 0.25) is 10.0 Å². The second-order valence-electron chi connectivity index (χ2n) is 6.11. The van der Waals surface area contributed by atoms with Crippen LogP contribution in [0.15, 0.2) is 48.5 Å². The molecule has 0 aromatic heterocycles. The molecule has 2 aromatic rings. The van der Waals surface area contributed by atoms with Gasteiger partial charge in [-0.2, -0.15) is 0 Å². The van der Waals surface area contributed by atoms with Crippen molar-refractivity contribution in [2.45, 2.75) is 18.6 Å². The van der Waals surface area contributed by atoms with E-state index >= 15 is 0 Å². The lowest BCUT2D eigenvalue weighted by atomic mass is 10.0. The van der Waals surface area contributed by atoms with Gasteiger partial charge in [0.2, 0.25) is 5.91 Å². The van der Waals surface area contributed by atoms with Gasteiger partial charge in [0.15, 0.2) is 0 Å². The third-order valence-corrected chi connectivity index (χ3v) is 5.05. The zero-order valence-corrected chi connectivity index (χ0v) is 16.4. The summed E-state index contributed by atoms with van der Waals surface area (Å²) in [6.45, 7) is 1.47. The smallest absolute Gasteiger partial charge is 0.240 e. The van der Waals surface area contributed by atoms with Gasteiger partial charge in [0.25, 0.3) is 0 Å². The van der Waals surface area contributed by atoms with E-state index in [0.717, 1.165) is 11.1 Å². The van der Waals surface area contributed by atoms with Gasteiger partial charge < -0.3 is 15.4 Å². The SMILES string of the molecule is Cl.N[C@@H](Cc1ccccc1)C(=O)N1CCOC(c2ccc(Cl)c(Cl)c2)C1. The first kappa shape index (κ1) is 21.0. The van der Waals surface area contributed by atoms with Gasteiger partial charge in [-0.3, -0.25) is 4.79 Å². The topological polar surface area (TPSA) is 55.6 Å². The molecule has 0 radical (unpaired) electrons. The van der Waals surface area contributed by atoms with E-state index < -0.39 is 6.04 Å². The van der Waals surface area contributed by atoms with Crippen molar-refractivity contribution in [1.82, 2.24) is 4.90 Å². The molecule has 0 bridgehead atoms. The largest absolute Gasteiger partial charge is 0.370 e. The monoisotopic (exact) mass is 414 g/mol. The molecule has 1 unspecified atom stereocenters. The molecule has 1 aliphatic rings. The van der Waals surface area contributed by atoms with Crippen LogP contribution < -0.4 is 5.73 Å². The zero-order valence-electron chi connectivity index (χ0n) is 14.1. The van der Waals surface area contributed by atoms with Crippen molar-refractivity contribution in [1.29, 1.82) is 0 Å². The molecule has 0 aliphatic carbocycles. The van der Waals surface area contributed by atoms with Crippen LogP contribution in [-0.2, 0) is 16.0 Å². The van der Waals surface area contributed by atoms with Gasteiger partial charge in [0.05, 0.1) is 29.2 Å². The molecule has 0 saturated carbocycles. The number of hydrogen-bond acceptors (Lipinski definition) is 3. The molecular weight excluding hydrogens is 395 g/mol. The van der Waals surface area contributed by atoms with Crippen LogP contribution in [0.5, 0.6) is 0 Å². The molecule has 2 aromatic carbocycles. The first-order chi connectivity index (χ1) is 12.0. The van der Waals surface area contributed by atoms with Gasteiger partial charge in [-0.05, 0) is 29.7 Å². The molecule has 1 fully saturated rings. The number of rotatable bonds is 4. The highest BCUT2D eigenvalue weighted by atomic mass is 35.5. The molecular formula is C19H21Cl3N2O2. The van der Waals surface area contributed by atoms with Crippen molar-refractivity contribution in [3.63, 3.8) is 0 Å². The molecule has 26 heavy (non-hydrogen) atoms. The summed E-state index contributed by atoms with van der Waals surface area (Å²) in [4.78, 5) is 14.5. The lowest BCUT2D eigenvalue weighted by molar-refractivity contribution is -0.140. The Morgan fingerprint density at radius 2 is 1.92 bits per heavy atom. The van der Waals surface area contributed by atoms with Crippen molar-refractivity contribution in [2.75, 3.05) is 19.7 Å². The maximum absolute atomic E-state index is 12.7. The van der Waals surface area contributed by atoms with Crippen LogP contribution >= 0.6 is 35.6 Å². The third kappa shape index (κ3) is 5.12. The van der Waals surface area contributed by atoms with E-state index in [1.165, 1.54) is 0 Å². The third-order valence-electron chi connectivity index (χ3n) is 4.31. The first-order valence-corrected chi connectivity index (χ1v) is 8.95. The Morgan fingerprint density at radius 3 is 2.62 bits per heavy atom. The highest BCUT2D eigenvalue weighted by Gasteiger charge is 2.28. The highest BCUT2D eigenvalue weighted by Crippen LogP contribution is 2.29. The predicted octanol–water partition coefficient (Wildman–Crippen LogP) is 3.89. The van der Waals surface area contributed by atoms with Gasteiger partial charge in [0.1, 0.15) is 6.10 Å². The molecule has 1 heterocycles. The summed E-state index contributed by atoms with van der Waals surface area (Å²) in [6, 6.07) is 14.6. The van der Waals surface area contributed by atoms with Gasteiger partial charge in [-0.25, -0.2) is 0 Å². The van der Waals surface area contributed by atoms with E-state index in [9.17, 15) is 4.79 Å². The van der Waals surface area contributed by atoms with Gasteiger partial charge in [0, 0.05) is 6.54 Å². The summed E-state index contributed by atoms with van der Waals surface area (Å²) in [5.74, 6) is -0.0581. The molecule has 140 valence electrons. The number of nitrogens with zero attached hydrogens (tertiary/aromatic N) is 1. The summed E-state index contributed by atoms with van der Waals surface area (Å²) in [7, 11) is 0. The highest BCUT2D eigenvalue weighted by molar-refractivity contribution is 6.42. The quantitative estimate of drug-likeness (QED) is 0.824. The Labute approximate surface area is 169 Å². The van der Waals surface area contributed by atoms with Crippen LogP contribution in [-0.4, -0.2) is 36.5 Å². The molecule has 0 spiro atoms. The average molecular weight is 416 g/mol. The molecule has 1 amide bonds. The van der Waals surface area contributed by atoms with Crippen molar-refractivity contribution in [3.05, 3.63) is 69.7 Å². The predicted molar refractivity (Wildman–Crippen MR) is 107 cm³/mol. The van der Waals surface area contributed by atoms with Crippen LogP contribution in [0.1, 0.15) is 17.2 Å². The van der Waals surface area contributed by atoms with E-state index in [0.29, 0.717) is 36.2 Å². The minimum absolute atomic E-state index is 0. The summed E-state index contributed by atoms with van der Waals surface area (Å²) < 4.78 is 5.80. The van der Waals surface area contributed by atoms with Crippen molar-refractivity contribution < 1.29 is 9.53 Å². The van der Waals surface area contributed by atoms with Gasteiger partial charge in [-0.15, -0.1) is 12.4 Å². The Morgan fingerprint density at radius 1 is 1.19 bits per heavy atom. The Hall–Kier alpha value is -1.30. The van der Waals surface area contributed by atoms with E-state index in [-0.39, 0.29) is 24.4 Å². The van der Waals surface area contributed by atoms with Crippen molar-refractivity contribution >= 4 is 41.5 Å². The van der Waals surface area contributed by atoms with Gasteiger partial charge >= 0.3 is 0 Å². The summed E-state index contributed by atoms with van der Waals surface area (Å²) >= 11 is 12.0. The first-order valence-electron chi connectivity index (χ1n) is 8.19. The minimum atomic E-state index is -0.560. The normalized spacial score (nSPS) is 18.1. The van der Waals surface area contributed by atoms with Crippen molar-refractivity contribution in [2.24, 2.45) is 5.73 Å². The molecule has 7 heteroatoms. The lowest BCUT2D eigenvalue weighted by Crippen LogP contribution is -2.50. The number of carbonyl (C=O) groups is 1. The number of morpholine rings is 1. The van der Waals surface area contributed by atoms with Crippen LogP contribution in [0, 0.1) is 0 Å². The maximum atomic E-state index is 12.7. The van der Waals surface area contributed by atoms with Crippen LogP contribution in [0.4, 0.5) is 0 Å². The molecule has 1 saturated heterocycles. The number of ether oxygens (including phenoxy) is 1. The second kappa shape index (κ2) is 9.58. The molecule has 2 atom stereocenters. The molecule has 2 N–H and O–H groups in total. The summed E-state index contributed by atoms with van der Waals surface area (Å²) in [5.41, 5.74) is 8.10. The fraction of sp³-hybridized carbons (Fsp3) is 0.316. The summed E-state index contributed by atoms with van der Waals surface area (Å²) in [5, 5.41) is 0.978. The number of halogens is 3. The number of benzene rings is 2. The van der Waals surface area contributed by atoms with Crippen molar-refractivity contribution in [3.8, 4) is 0 Å². The van der Waals surface area contributed by atoms with E-state index in [4.69, 9.17) is 33.7 Å². The Kier molecular flexibility index (Phi) is 7.74. The fourth-order valence-electron chi connectivity index (χ4n) is 2.95. The van der Waals surface area contributed by atoms with E-state index in [1.807, 2.05) is 36.4 Å². The number of hydrogen-bond donors (Lipinski definition) is 1. The average Bonchev–Trinajstić information content (AvgIpc) is 2.64. The van der Waals surface area contributed by atoms with Crippen LogP contribution in [0.25, 0.3) is 0 Å². The fourth-order valence-corrected chi connectivity index (χ4v) is 3.26. The lowest BCUT2D eigenvalue weighted by Gasteiger charge is -2.34. The molecule has 4 nitrogen and oxygen atoms in total. The standard InChI is InChI=1S/C19H20Cl2N2O2.ClH/c20-15-7-6-14(11-16(15)21)18-12-23(8-9-25-18)19(24)17(22)10-13-4-2-1-3-5-13;/h1-7,11,17-18H,8-10,12,22H2;1H/t17-,18?;/m0./s1. The Bertz CT molecular complexity index is 743. The second-order valence-corrected chi connectivity index (χ2v) is 6.93. The van der Waals surface area contributed by atoms with E-state index in [2.05, 4.69) is 0 Å². The Balaban J connectivity index is 0.00000243. The van der Waals surface area contributed by atoms with E-state index in [1.54, 1.807) is 17.0 Å². The molecule has 1 aliphatic heterocycles. The molecule has 3 rings (SSSR count). The van der Waals surface area contributed by atoms with Gasteiger partial charge in [-0.1, -0.05) is 59.6 Å². The number of carbonyl (C=O) groups excluding carboxylic acids is 1. The number of amides is 1. The summed E-state index contributed by atoms with van der Waals surface area (Å²) in [6.07, 6.45) is 0.297. The number of nitrogens with two attached hydrogens (primary N) is 1. The maximum Gasteiger partial charge on any atom is 0.240 e. The minimum Gasteiger partial charge on any atom is -0.370 e.